The monoisotopic (exact) mass is 272 g/mol. The molecule has 0 aliphatic heterocycles. The van der Waals surface area contributed by atoms with Gasteiger partial charge in [0.05, 0.1) is 13.2 Å². The van der Waals surface area contributed by atoms with Crippen LogP contribution in [0.25, 0.3) is 0 Å². The third-order valence-electron chi connectivity index (χ3n) is 1.25. The van der Waals surface area contributed by atoms with Gasteiger partial charge in [0.25, 0.3) is 0 Å². The molecule has 0 aliphatic rings. The van der Waals surface area contributed by atoms with Crippen molar-refractivity contribution in [3.05, 3.63) is 0 Å². The van der Waals surface area contributed by atoms with Gasteiger partial charge in [0, 0.05) is 0 Å². The molecule has 0 aromatic carbocycles. The second-order valence-electron chi connectivity index (χ2n) is 2.56. The average molecular weight is 272 g/mol. The Morgan fingerprint density at radius 3 is 1.38 bits per heavy atom. The maximum Gasteiger partial charge on any atom is 1.00 e. The minimum atomic E-state index is -4.41. The smallest absolute Gasteiger partial charge is 1.00 e. The van der Waals surface area contributed by atoms with Crippen molar-refractivity contribution in [2.24, 2.45) is 0 Å². The van der Waals surface area contributed by atoms with Crippen LogP contribution in [0.15, 0.2) is 0 Å². The largest absolute Gasteiger partial charge is 1.00 e. The summed E-state index contributed by atoms with van der Waals surface area (Å²) < 4.78 is 64.5. The number of hydrogen-bond donors (Lipinski definition) is 2. The van der Waals surface area contributed by atoms with Crippen LogP contribution in [0.4, 0.5) is 0 Å². The van der Waals surface area contributed by atoms with Crippen LogP contribution in [-0.4, -0.2) is 39.2 Å². The molecule has 0 saturated heterocycles. The first-order chi connectivity index (χ1) is 6.71. The second-order valence-corrected chi connectivity index (χ2v) is 4.74. The van der Waals surface area contributed by atoms with Crippen molar-refractivity contribution < 1.29 is 54.6 Å². The predicted octanol–water partition coefficient (Wildman–Crippen LogP) is -3.09. The van der Waals surface area contributed by atoms with Gasteiger partial charge in [-0.05, 0) is 19.3 Å². The molecule has 11 heteroatoms. The molecule has 16 heavy (non-hydrogen) atoms. The van der Waals surface area contributed by atoms with Crippen molar-refractivity contribution in [1.82, 2.24) is 0 Å². The molecule has 2 N–H and O–H groups in total. The Kier molecular flexibility index (Phi) is 9.85. The second kappa shape index (κ2) is 8.43. The normalized spacial score (nSPS) is 12.1. The van der Waals surface area contributed by atoms with Crippen molar-refractivity contribution in [1.29, 1.82) is 0 Å². The van der Waals surface area contributed by atoms with Gasteiger partial charge in [-0.1, -0.05) is 0 Å². The molecule has 0 saturated carbocycles. The van der Waals surface area contributed by atoms with Crippen LogP contribution in [0.5, 0.6) is 0 Å². The topological polar surface area (TPSA) is 127 Å². The first kappa shape index (κ1) is 18.7. The van der Waals surface area contributed by atoms with E-state index in [-0.39, 0.29) is 33.5 Å². The number of unbranched alkanes of at least 4 members (excludes halogenated alkanes) is 2. The first-order valence-electron chi connectivity index (χ1n) is 3.94. The van der Waals surface area contributed by atoms with Crippen molar-refractivity contribution >= 4 is 20.8 Å². The summed E-state index contributed by atoms with van der Waals surface area (Å²) in [6.45, 7) is -0.380. The van der Waals surface area contributed by atoms with E-state index in [1.807, 2.05) is 0 Å². The summed E-state index contributed by atoms with van der Waals surface area (Å²) in [5.41, 5.74) is 0. The van der Waals surface area contributed by atoms with E-state index in [1.54, 1.807) is 0 Å². The molecule has 8 nitrogen and oxygen atoms in total. The maximum absolute atomic E-state index is 10.0. The van der Waals surface area contributed by atoms with Crippen LogP contribution < -0.4 is 18.9 Å². The molecular formula is C5H13LiO8S2. The van der Waals surface area contributed by atoms with Crippen LogP contribution >= 0.6 is 0 Å². The van der Waals surface area contributed by atoms with Gasteiger partial charge in [0.15, 0.2) is 0 Å². The van der Waals surface area contributed by atoms with Gasteiger partial charge in [-0.2, -0.15) is 16.8 Å². The van der Waals surface area contributed by atoms with Gasteiger partial charge >= 0.3 is 39.7 Å². The molecule has 0 spiro atoms. The Bertz CT molecular complexity index is 329. The summed E-state index contributed by atoms with van der Waals surface area (Å²) >= 11 is 0. The molecule has 0 aromatic heterocycles. The fraction of sp³-hybridized carbons (Fsp3) is 1.00. The molecule has 94 valence electrons. The third kappa shape index (κ3) is 16.8. The fourth-order valence-electron chi connectivity index (χ4n) is 0.709. The summed E-state index contributed by atoms with van der Waals surface area (Å²) in [4.78, 5) is 0. The van der Waals surface area contributed by atoms with Crippen molar-refractivity contribution in [2.75, 3.05) is 13.2 Å². The van der Waals surface area contributed by atoms with E-state index in [9.17, 15) is 16.8 Å². The fourth-order valence-corrected chi connectivity index (χ4v) is 1.37. The summed E-state index contributed by atoms with van der Waals surface area (Å²) in [6.07, 6.45) is 1.06. The summed E-state index contributed by atoms with van der Waals surface area (Å²) in [5, 5.41) is 0. The maximum atomic E-state index is 10.0. The van der Waals surface area contributed by atoms with Gasteiger partial charge < -0.3 is 1.43 Å². The Labute approximate surface area is 108 Å². The van der Waals surface area contributed by atoms with Crippen LogP contribution in [-0.2, 0) is 29.2 Å². The Morgan fingerprint density at radius 2 is 1.12 bits per heavy atom. The van der Waals surface area contributed by atoms with E-state index in [0.29, 0.717) is 19.3 Å². The van der Waals surface area contributed by atoms with Gasteiger partial charge in [-0.25, -0.2) is 8.37 Å². The zero-order chi connectivity index (χ0) is 11.9. The first-order valence-corrected chi connectivity index (χ1v) is 6.67. The van der Waals surface area contributed by atoms with Crippen molar-refractivity contribution in [3.8, 4) is 0 Å². The Morgan fingerprint density at radius 1 is 0.812 bits per heavy atom. The quantitative estimate of drug-likeness (QED) is 0.270. The van der Waals surface area contributed by atoms with E-state index >= 15 is 0 Å². The number of rotatable bonds is 8. The van der Waals surface area contributed by atoms with Crippen LogP contribution in [0.1, 0.15) is 20.7 Å². The standard InChI is InChI=1S/C5H12O8S2.Li.H/c6-14(7,8)12-4-2-1-3-5-13-15(9,10)11;;/h1-5H2,(H,6,7,8)(H,9,10,11);;/q;+1;-1. The molecule has 0 radical (unpaired) electrons. The van der Waals surface area contributed by atoms with E-state index in [4.69, 9.17) is 9.11 Å². The molecule has 0 rings (SSSR count). The summed E-state index contributed by atoms with van der Waals surface area (Å²) in [5.74, 6) is 0. The van der Waals surface area contributed by atoms with E-state index in [1.165, 1.54) is 0 Å². The molecule has 0 unspecified atom stereocenters. The van der Waals surface area contributed by atoms with Gasteiger partial charge in [0.1, 0.15) is 0 Å². The van der Waals surface area contributed by atoms with E-state index < -0.39 is 20.8 Å². The molecule has 0 aromatic rings. The minimum absolute atomic E-state index is 0. The third-order valence-corrected chi connectivity index (χ3v) is 2.18. The molecule has 0 heterocycles. The zero-order valence-electron chi connectivity index (χ0n) is 9.70. The summed E-state index contributed by atoms with van der Waals surface area (Å²) in [6, 6.07) is 0. The van der Waals surface area contributed by atoms with Gasteiger partial charge in [0.2, 0.25) is 0 Å². The number of hydrogen-bond acceptors (Lipinski definition) is 6. The minimum Gasteiger partial charge on any atom is -1.00 e. The predicted molar refractivity (Wildman–Crippen MR) is 50.0 cm³/mol. The van der Waals surface area contributed by atoms with Gasteiger partial charge in [-0.15, -0.1) is 0 Å². The SMILES string of the molecule is O=S(=O)(O)OCCCCCOS(=O)(=O)O.[H-].[Li+]. The molecule has 0 bridgehead atoms. The molecule has 0 fully saturated rings. The molecular weight excluding hydrogens is 259 g/mol. The molecule has 0 amide bonds. The van der Waals surface area contributed by atoms with Crippen LogP contribution in [0, 0.1) is 0 Å². The molecule has 0 aliphatic carbocycles. The molecule has 0 atom stereocenters. The zero-order valence-corrected chi connectivity index (χ0v) is 10.3. The summed E-state index contributed by atoms with van der Waals surface area (Å²) in [7, 11) is -8.81. The Balaban J connectivity index is -0.000000980. The Hall–Kier alpha value is 0.337. The van der Waals surface area contributed by atoms with Gasteiger partial charge in [-0.3, -0.25) is 9.11 Å². The van der Waals surface area contributed by atoms with Crippen molar-refractivity contribution in [2.45, 2.75) is 19.3 Å². The van der Waals surface area contributed by atoms with Crippen LogP contribution in [0.2, 0.25) is 0 Å². The van der Waals surface area contributed by atoms with E-state index in [0.717, 1.165) is 0 Å². The van der Waals surface area contributed by atoms with E-state index in [2.05, 4.69) is 8.37 Å². The average Bonchev–Trinajstić information content (AvgIpc) is 1.98. The van der Waals surface area contributed by atoms with Crippen molar-refractivity contribution in [3.63, 3.8) is 0 Å². The van der Waals surface area contributed by atoms with Crippen LogP contribution in [0.3, 0.4) is 0 Å².